The van der Waals surface area contributed by atoms with Crippen LogP contribution in [0, 0.1) is 5.92 Å². The fraction of sp³-hybridized carbons (Fsp3) is 0.500. The molecule has 1 aromatic rings. The molecule has 0 saturated carbocycles. The number of anilines is 1. The van der Waals surface area contributed by atoms with Crippen molar-refractivity contribution in [3.63, 3.8) is 0 Å². The van der Waals surface area contributed by atoms with E-state index >= 15 is 0 Å². The van der Waals surface area contributed by atoms with Gasteiger partial charge in [-0.25, -0.2) is 0 Å². The minimum absolute atomic E-state index is 0.180. The van der Waals surface area contributed by atoms with Crippen LogP contribution in [-0.2, 0) is 14.4 Å². The van der Waals surface area contributed by atoms with Crippen molar-refractivity contribution < 1.29 is 14.4 Å². The van der Waals surface area contributed by atoms with Crippen molar-refractivity contribution in [3.8, 4) is 0 Å². The van der Waals surface area contributed by atoms with Gasteiger partial charge in [0, 0.05) is 31.6 Å². The first-order valence-electron chi connectivity index (χ1n) is 8.29. The Hall–Kier alpha value is -2.17. The molecule has 1 N–H and O–H groups in total. The van der Waals surface area contributed by atoms with E-state index in [0.29, 0.717) is 25.2 Å². The molecule has 0 bridgehead atoms. The Bertz CT molecular complexity index is 589. The molecular formula is C18H22N2O3. The molecule has 1 atom stereocenters. The summed E-state index contributed by atoms with van der Waals surface area (Å²) in [4.78, 5) is 36.1. The van der Waals surface area contributed by atoms with E-state index in [-0.39, 0.29) is 17.7 Å². The molecule has 2 aliphatic rings. The topological polar surface area (TPSA) is 66.5 Å². The number of benzene rings is 1. The van der Waals surface area contributed by atoms with Gasteiger partial charge in [0.15, 0.2) is 0 Å². The summed E-state index contributed by atoms with van der Waals surface area (Å²) < 4.78 is 0. The van der Waals surface area contributed by atoms with E-state index in [9.17, 15) is 14.4 Å². The van der Waals surface area contributed by atoms with Gasteiger partial charge in [-0.3, -0.25) is 14.9 Å². The van der Waals surface area contributed by atoms with Crippen molar-refractivity contribution >= 4 is 23.8 Å². The summed E-state index contributed by atoms with van der Waals surface area (Å²) in [5.74, 6) is -0.0729. The average Bonchev–Trinajstić information content (AvgIpc) is 2.56. The average molecular weight is 314 g/mol. The van der Waals surface area contributed by atoms with Crippen LogP contribution in [0.25, 0.3) is 0 Å². The molecule has 0 aromatic heterocycles. The number of carbonyl (C=O) groups excluding carboxylic acids is 3. The van der Waals surface area contributed by atoms with Crippen molar-refractivity contribution in [2.45, 2.75) is 38.0 Å². The monoisotopic (exact) mass is 314 g/mol. The van der Waals surface area contributed by atoms with E-state index in [1.165, 1.54) is 0 Å². The Morgan fingerprint density at radius 1 is 1.09 bits per heavy atom. The van der Waals surface area contributed by atoms with Crippen molar-refractivity contribution in [3.05, 3.63) is 29.8 Å². The van der Waals surface area contributed by atoms with Gasteiger partial charge in [0.05, 0.1) is 5.92 Å². The van der Waals surface area contributed by atoms with Crippen molar-refractivity contribution in [1.82, 2.24) is 5.32 Å². The molecule has 5 heteroatoms. The van der Waals surface area contributed by atoms with Crippen molar-refractivity contribution in [2.24, 2.45) is 5.92 Å². The van der Waals surface area contributed by atoms with E-state index < -0.39 is 0 Å². The lowest BCUT2D eigenvalue weighted by atomic mass is 9.90. The molecule has 23 heavy (non-hydrogen) atoms. The highest BCUT2D eigenvalue weighted by Gasteiger charge is 2.28. The molecule has 0 aliphatic carbocycles. The lowest BCUT2D eigenvalue weighted by Gasteiger charge is -2.33. The lowest BCUT2D eigenvalue weighted by Crippen LogP contribution is -2.39. The maximum Gasteiger partial charge on any atom is 0.234 e. The van der Waals surface area contributed by atoms with Crippen molar-refractivity contribution in [2.75, 3.05) is 18.0 Å². The second kappa shape index (κ2) is 6.94. The molecule has 3 rings (SSSR count). The smallest absolute Gasteiger partial charge is 0.234 e. The van der Waals surface area contributed by atoms with E-state index in [0.717, 1.165) is 43.5 Å². The Labute approximate surface area is 136 Å². The van der Waals surface area contributed by atoms with Crippen LogP contribution < -0.4 is 10.2 Å². The first-order chi connectivity index (χ1) is 11.2. The number of rotatable bonds is 4. The second-order valence-corrected chi connectivity index (χ2v) is 6.43. The van der Waals surface area contributed by atoms with Gasteiger partial charge >= 0.3 is 0 Å². The zero-order valence-corrected chi connectivity index (χ0v) is 13.2. The molecule has 122 valence electrons. The summed E-state index contributed by atoms with van der Waals surface area (Å²) in [7, 11) is 0. The summed E-state index contributed by atoms with van der Waals surface area (Å²) in [6, 6.07) is 8.10. The SMILES string of the molecule is O=CCC1CCN(c2ccc([C@@H]3CCC(=O)NC3=O)cc2)CC1. The minimum atomic E-state index is -0.222. The summed E-state index contributed by atoms with van der Waals surface area (Å²) in [5, 5.41) is 2.41. The number of nitrogens with one attached hydrogen (secondary N) is 1. The van der Waals surface area contributed by atoms with Gasteiger partial charge in [-0.2, -0.15) is 0 Å². The highest BCUT2D eigenvalue weighted by molar-refractivity contribution is 6.00. The molecule has 5 nitrogen and oxygen atoms in total. The fourth-order valence-corrected chi connectivity index (χ4v) is 3.49. The molecular weight excluding hydrogens is 292 g/mol. The molecule has 2 aliphatic heterocycles. The standard InChI is InChI=1S/C18H22N2O3/c21-12-9-13-7-10-20(11-8-13)15-3-1-14(2-4-15)16-5-6-17(22)19-18(16)23/h1-4,12-13,16H,5-11H2,(H,19,22,23)/t16-/m0/s1. The van der Waals surface area contributed by atoms with Gasteiger partial charge < -0.3 is 9.69 Å². The van der Waals surface area contributed by atoms with Gasteiger partial charge in [0.1, 0.15) is 6.29 Å². The molecule has 2 heterocycles. The van der Waals surface area contributed by atoms with Crippen LogP contribution in [0.15, 0.2) is 24.3 Å². The fourth-order valence-electron chi connectivity index (χ4n) is 3.49. The number of amides is 2. The van der Waals surface area contributed by atoms with Gasteiger partial charge in [0.25, 0.3) is 0 Å². The third-order valence-electron chi connectivity index (χ3n) is 4.94. The largest absolute Gasteiger partial charge is 0.372 e. The number of imide groups is 1. The molecule has 0 radical (unpaired) electrons. The van der Waals surface area contributed by atoms with E-state index in [4.69, 9.17) is 0 Å². The van der Waals surface area contributed by atoms with E-state index in [2.05, 4.69) is 22.3 Å². The van der Waals surface area contributed by atoms with Crippen LogP contribution >= 0.6 is 0 Å². The van der Waals surface area contributed by atoms with E-state index in [1.807, 2.05) is 12.1 Å². The summed E-state index contributed by atoms with van der Waals surface area (Å²) >= 11 is 0. The first kappa shape index (κ1) is 15.7. The normalized spacial score (nSPS) is 22.8. The highest BCUT2D eigenvalue weighted by Crippen LogP contribution is 2.29. The first-order valence-corrected chi connectivity index (χ1v) is 8.29. The summed E-state index contributed by atoms with van der Waals surface area (Å²) in [6.45, 7) is 1.94. The van der Waals surface area contributed by atoms with Crippen LogP contribution in [0.5, 0.6) is 0 Å². The van der Waals surface area contributed by atoms with Gasteiger partial charge in [0.2, 0.25) is 11.8 Å². The van der Waals surface area contributed by atoms with Crippen LogP contribution in [0.2, 0.25) is 0 Å². The predicted octanol–water partition coefficient (Wildman–Crippen LogP) is 2.01. The minimum Gasteiger partial charge on any atom is -0.372 e. The highest BCUT2D eigenvalue weighted by atomic mass is 16.2. The number of hydrogen-bond donors (Lipinski definition) is 1. The zero-order valence-electron chi connectivity index (χ0n) is 13.2. The maximum atomic E-state index is 11.9. The van der Waals surface area contributed by atoms with Crippen LogP contribution in [0.1, 0.15) is 43.6 Å². The Balaban J connectivity index is 1.62. The van der Waals surface area contributed by atoms with Gasteiger partial charge in [-0.1, -0.05) is 12.1 Å². The number of carbonyl (C=O) groups is 3. The van der Waals surface area contributed by atoms with Gasteiger partial charge in [-0.05, 0) is 42.9 Å². The Morgan fingerprint density at radius 2 is 1.78 bits per heavy atom. The second-order valence-electron chi connectivity index (χ2n) is 6.43. The quantitative estimate of drug-likeness (QED) is 0.682. The molecule has 1 aromatic carbocycles. The maximum absolute atomic E-state index is 11.9. The van der Waals surface area contributed by atoms with E-state index in [1.54, 1.807) is 0 Å². The molecule has 0 spiro atoms. The molecule has 2 saturated heterocycles. The Morgan fingerprint density at radius 3 is 2.39 bits per heavy atom. The number of piperidine rings is 2. The molecule has 2 fully saturated rings. The number of aldehydes is 1. The third-order valence-corrected chi connectivity index (χ3v) is 4.94. The van der Waals surface area contributed by atoms with Crippen LogP contribution in [-0.4, -0.2) is 31.2 Å². The third kappa shape index (κ3) is 3.60. The van der Waals surface area contributed by atoms with Crippen LogP contribution in [0.4, 0.5) is 5.69 Å². The summed E-state index contributed by atoms with van der Waals surface area (Å²) in [6.07, 6.45) is 4.78. The predicted molar refractivity (Wildman–Crippen MR) is 87.2 cm³/mol. The lowest BCUT2D eigenvalue weighted by molar-refractivity contribution is -0.134. The Kier molecular flexibility index (Phi) is 4.74. The molecule has 2 amide bonds. The zero-order chi connectivity index (χ0) is 16.2. The van der Waals surface area contributed by atoms with Gasteiger partial charge in [-0.15, -0.1) is 0 Å². The molecule has 0 unspecified atom stereocenters. The van der Waals surface area contributed by atoms with Crippen molar-refractivity contribution in [1.29, 1.82) is 0 Å². The number of hydrogen-bond acceptors (Lipinski definition) is 4. The summed E-state index contributed by atoms with van der Waals surface area (Å²) in [5.41, 5.74) is 2.13. The van der Waals surface area contributed by atoms with Crippen LogP contribution in [0.3, 0.4) is 0 Å². The number of nitrogens with zero attached hydrogens (tertiary/aromatic N) is 1.